The van der Waals surface area contributed by atoms with E-state index in [1.165, 1.54) is 0 Å². The quantitative estimate of drug-likeness (QED) is 0.515. The summed E-state index contributed by atoms with van der Waals surface area (Å²) in [5.74, 6) is 0. The number of rotatable bonds is 4. The van der Waals surface area contributed by atoms with Crippen molar-refractivity contribution in [1.29, 1.82) is 0 Å². The Bertz CT molecular complexity index is 689. The third-order valence-corrected chi connectivity index (χ3v) is 3.58. The van der Waals surface area contributed by atoms with Crippen LogP contribution in [0.3, 0.4) is 0 Å². The molecule has 0 amide bonds. The summed E-state index contributed by atoms with van der Waals surface area (Å²) in [5.41, 5.74) is 3.29. The molecule has 0 saturated heterocycles. The third kappa shape index (κ3) is 3.49. The number of anilines is 1. The van der Waals surface area contributed by atoms with E-state index >= 15 is 0 Å². The number of nitrogens with one attached hydrogen (secondary N) is 1. The predicted octanol–water partition coefficient (Wildman–Crippen LogP) is 4.43. The van der Waals surface area contributed by atoms with Crippen LogP contribution in [0.15, 0.2) is 30.5 Å². The smallest absolute Gasteiger partial charge is 0.272 e. The Morgan fingerprint density at radius 1 is 1.33 bits per heavy atom. The van der Waals surface area contributed by atoms with Gasteiger partial charge in [0.1, 0.15) is 0 Å². The van der Waals surface area contributed by atoms with Gasteiger partial charge in [0.2, 0.25) is 0 Å². The molecule has 2 aromatic rings. The van der Waals surface area contributed by atoms with Crippen molar-refractivity contribution in [2.75, 3.05) is 5.32 Å². The molecule has 0 spiro atoms. The number of halogens is 1. The summed E-state index contributed by atoms with van der Waals surface area (Å²) in [6.07, 6.45) is 1.69. The van der Waals surface area contributed by atoms with E-state index in [1.807, 2.05) is 26.0 Å². The minimum Gasteiger partial charge on any atom is -0.376 e. The number of hydrogen-bond acceptors (Lipinski definition) is 4. The predicted molar refractivity (Wildman–Crippen MR) is 83.9 cm³/mol. The van der Waals surface area contributed by atoms with Crippen molar-refractivity contribution in [3.05, 3.63) is 62.4 Å². The molecule has 2 rings (SSSR count). The molecule has 1 unspecified atom stereocenters. The van der Waals surface area contributed by atoms with Crippen LogP contribution in [-0.4, -0.2) is 9.91 Å². The SMILES string of the molecule is Cc1cnc(Cl)c(NC(C)c2ccc(C)c([N+](=O)[O-])c2)c1. The number of nitro benzene ring substituents is 1. The number of benzene rings is 1. The van der Waals surface area contributed by atoms with Crippen LogP contribution in [0.1, 0.15) is 29.7 Å². The maximum atomic E-state index is 11.0. The summed E-state index contributed by atoms with van der Waals surface area (Å²) < 4.78 is 0. The van der Waals surface area contributed by atoms with Gasteiger partial charge in [-0.2, -0.15) is 0 Å². The van der Waals surface area contributed by atoms with Gasteiger partial charge < -0.3 is 5.32 Å². The lowest BCUT2D eigenvalue weighted by Crippen LogP contribution is -2.08. The number of aryl methyl sites for hydroxylation is 2. The molecule has 0 fully saturated rings. The normalized spacial score (nSPS) is 12.0. The molecule has 21 heavy (non-hydrogen) atoms. The Kier molecular flexibility index (Phi) is 4.43. The minimum atomic E-state index is -0.368. The van der Waals surface area contributed by atoms with Crippen molar-refractivity contribution in [1.82, 2.24) is 4.98 Å². The summed E-state index contributed by atoms with van der Waals surface area (Å²) in [7, 11) is 0. The molecular formula is C15H16ClN3O2. The van der Waals surface area contributed by atoms with Gasteiger partial charge in [-0.1, -0.05) is 23.7 Å². The second kappa shape index (κ2) is 6.10. The van der Waals surface area contributed by atoms with Crippen molar-refractivity contribution in [3.8, 4) is 0 Å². The Labute approximate surface area is 128 Å². The Morgan fingerprint density at radius 2 is 2.05 bits per heavy atom. The Morgan fingerprint density at radius 3 is 2.71 bits per heavy atom. The molecule has 0 aliphatic rings. The monoisotopic (exact) mass is 305 g/mol. The Hall–Kier alpha value is -2.14. The highest BCUT2D eigenvalue weighted by atomic mass is 35.5. The standard InChI is InChI=1S/C15H16ClN3O2/c1-9-6-13(15(16)17-8-9)18-11(3)12-5-4-10(2)14(7-12)19(20)21/h4-8,11,18H,1-3H3. The molecule has 0 aliphatic heterocycles. The van der Waals surface area contributed by atoms with Gasteiger partial charge in [-0.05, 0) is 38.0 Å². The number of hydrogen-bond donors (Lipinski definition) is 1. The highest BCUT2D eigenvalue weighted by molar-refractivity contribution is 6.31. The lowest BCUT2D eigenvalue weighted by Gasteiger charge is -2.17. The van der Waals surface area contributed by atoms with E-state index in [0.717, 1.165) is 11.1 Å². The molecule has 5 nitrogen and oxygen atoms in total. The van der Waals surface area contributed by atoms with E-state index in [4.69, 9.17) is 11.6 Å². The van der Waals surface area contributed by atoms with Crippen molar-refractivity contribution >= 4 is 23.0 Å². The summed E-state index contributed by atoms with van der Waals surface area (Å²) in [5, 5.41) is 14.6. The maximum Gasteiger partial charge on any atom is 0.272 e. The summed E-state index contributed by atoms with van der Waals surface area (Å²) in [4.78, 5) is 14.7. The first-order valence-electron chi connectivity index (χ1n) is 6.52. The van der Waals surface area contributed by atoms with Crippen LogP contribution in [0.4, 0.5) is 11.4 Å². The molecule has 110 valence electrons. The zero-order valence-corrected chi connectivity index (χ0v) is 12.8. The highest BCUT2D eigenvalue weighted by Crippen LogP contribution is 2.28. The van der Waals surface area contributed by atoms with Crippen molar-refractivity contribution < 1.29 is 4.92 Å². The fourth-order valence-corrected chi connectivity index (χ4v) is 2.22. The zero-order chi connectivity index (χ0) is 15.6. The fraction of sp³-hybridized carbons (Fsp3) is 0.267. The van der Waals surface area contributed by atoms with Gasteiger partial charge in [0.05, 0.1) is 10.6 Å². The largest absolute Gasteiger partial charge is 0.376 e. The number of nitro groups is 1. The average Bonchev–Trinajstić information content (AvgIpc) is 2.43. The van der Waals surface area contributed by atoms with Crippen LogP contribution in [0.25, 0.3) is 0 Å². The van der Waals surface area contributed by atoms with Gasteiger partial charge in [-0.25, -0.2) is 4.98 Å². The second-order valence-electron chi connectivity index (χ2n) is 5.02. The first kappa shape index (κ1) is 15.3. The van der Waals surface area contributed by atoms with E-state index in [0.29, 0.717) is 16.4 Å². The van der Waals surface area contributed by atoms with Crippen molar-refractivity contribution in [3.63, 3.8) is 0 Å². The summed E-state index contributed by atoms with van der Waals surface area (Å²) in [6, 6.07) is 6.99. The van der Waals surface area contributed by atoms with E-state index in [9.17, 15) is 10.1 Å². The van der Waals surface area contributed by atoms with E-state index in [2.05, 4.69) is 10.3 Å². The first-order valence-corrected chi connectivity index (χ1v) is 6.90. The lowest BCUT2D eigenvalue weighted by atomic mass is 10.0. The van der Waals surface area contributed by atoms with Gasteiger partial charge in [0, 0.05) is 23.9 Å². The third-order valence-electron chi connectivity index (χ3n) is 3.28. The first-order chi connectivity index (χ1) is 9.88. The lowest BCUT2D eigenvalue weighted by molar-refractivity contribution is -0.385. The molecule has 1 aromatic heterocycles. The van der Waals surface area contributed by atoms with Crippen LogP contribution in [0.2, 0.25) is 5.15 Å². The van der Waals surface area contributed by atoms with Crippen molar-refractivity contribution in [2.45, 2.75) is 26.8 Å². The Balaban J connectivity index is 2.28. The molecule has 0 bridgehead atoms. The molecule has 1 aromatic carbocycles. The van der Waals surface area contributed by atoms with Gasteiger partial charge in [0.15, 0.2) is 5.15 Å². The van der Waals surface area contributed by atoms with Crippen LogP contribution >= 0.6 is 11.6 Å². The molecule has 1 heterocycles. The van der Waals surface area contributed by atoms with E-state index < -0.39 is 0 Å². The van der Waals surface area contributed by atoms with Crippen LogP contribution < -0.4 is 5.32 Å². The van der Waals surface area contributed by atoms with Gasteiger partial charge >= 0.3 is 0 Å². The molecule has 0 saturated carbocycles. The molecular weight excluding hydrogens is 290 g/mol. The van der Waals surface area contributed by atoms with Gasteiger partial charge in [0.25, 0.3) is 5.69 Å². The topological polar surface area (TPSA) is 68.1 Å². The zero-order valence-electron chi connectivity index (χ0n) is 12.1. The minimum absolute atomic E-state index is 0.120. The highest BCUT2D eigenvalue weighted by Gasteiger charge is 2.15. The summed E-state index contributed by atoms with van der Waals surface area (Å²) >= 11 is 6.05. The van der Waals surface area contributed by atoms with E-state index in [-0.39, 0.29) is 16.7 Å². The molecule has 0 radical (unpaired) electrons. The van der Waals surface area contributed by atoms with Crippen LogP contribution in [0, 0.1) is 24.0 Å². The maximum absolute atomic E-state index is 11.0. The fourth-order valence-electron chi connectivity index (χ4n) is 2.06. The van der Waals surface area contributed by atoms with Crippen LogP contribution in [-0.2, 0) is 0 Å². The average molecular weight is 306 g/mol. The second-order valence-corrected chi connectivity index (χ2v) is 5.38. The van der Waals surface area contributed by atoms with Gasteiger partial charge in [-0.3, -0.25) is 10.1 Å². The molecule has 0 aliphatic carbocycles. The number of pyridine rings is 1. The van der Waals surface area contributed by atoms with E-state index in [1.54, 1.807) is 25.3 Å². The molecule has 1 N–H and O–H groups in total. The molecule has 6 heteroatoms. The molecule has 1 atom stereocenters. The number of nitrogens with zero attached hydrogens (tertiary/aromatic N) is 2. The number of aromatic nitrogens is 1. The van der Waals surface area contributed by atoms with Crippen molar-refractivity contribution in [2.24, 2.45) is 0 Å². The van der Waals surface area contributed by atoms with Gasteiger partial charge in [-0.15, -0.1) is 0 Å². The van der Waals surface area contributed by atoms with Crippen LogP contribution in [0.5, 0.6) is 0 Å². The summed E-state index contributed by atoms with van der Waals surface area (Å²) in [6.45, 7) is 5.57.